The Bertz CT molecular complexity index is 121. The molecule has 0 amide bonds. The van der Waals surface area contributed by atoms with Gasteiger partial charge in [-0.2, -0.15) is 0 Å². The van der Waals surface area contributed by atoms with Crippen LogP contribution in [0.1, 0.15) is 40.0 Å². The molecule has 0 radical (unpaired) electrons. The van der Waals surface area contributed by atoms with Crippen LogP contribution >= 0.6 is 0 Å². The fraction of sp³-hybridized carbons (Fsp3) is 1.00. The SMILES string of the molecule is CCCCC(O)C(C)(C)N(C)C. The van der Waals surface area contributed by atoms with E-state index in [2.05, 4.69) is 25.7 Å². The van der Waals surface area contributed by atoms with E-state index in [0.717, 1.165) is 19.3 Å². The molecule has 0 spiro atoms. The molecule has 0 aliphatic rings. The first kappa shape index (κ1) is 11.9. The van der Waals surface area contributed by atoms with Crippen LogP contribution in [0.2, 0.25) is 0 Å². The zero-order chi connectivity index (χ0) is 9.78. The monoisotopic (exact) mass is 173 g/mol. The average Bonchev–Trinajstić information content (AvgIpc) is 1.99. The number of aliphatic hydroxyl groups is 1. The summed E-state index contributed by atoms with van der Waals surface area (Å²) in [5.74, 6) is 0. The molecule has 2 heteroatoms. The van der Waals surface area contributed by atoms with E-state index in [4.69, 9.17) is 0 Å². The van der Waals surface area contributed by atoms with Gasteiger partial charge in [0.1, 0.15) is 0 Å². The van der Waals surface area contributed by atoms with Gasteiger partial charge in [0.05, 0.1) is 6.10 Å². The lowest BCUT2D eigenvalue weighted by atomic mass is 9.92. The van der Waals surface area contributed by atoms with Gasteiger partial charge in [0.25, 0.3) is 0 Å². The van der Waals surface area contributed by atoms with Crippen LogP contribution in [-0.2, 0) is 0 Å². The smallest absolute Gasteiger partial charge is 0.0718 e. The molecule has 0 aliphatic carbocycles. The molecule has 1 N–H and O–H groups in total. The van der Waals surface area contributed by atoms with Gasteiger partial charge in [-0.15, -0.1) is 0 Å². The van der Waals surface area contributed by atoms with E-state index in [0.29, 0.717) is 0 Å². The third kappa shape index (κ3) is 3.11. The lowest BCUT2D eigenvalue weighted by molar-refractivity contribution is 0.0112. The van der Waals surface area contributed by atoms with Crippen molar-refractivity contribution >= 4 is 0 Å². The molecule has 0 fully saturated rings. The Hall–Kier alpha value is -0.0800. The van der Waals surface area contributed by atoms with Gasteiger partial charge in [0, 0.05) is 5.54 Å². The molecule has 2 nitrogen and oxygen atoms in total. The van der Waals surface area contributed by atoms with Crippen molar-refractivity contribution in [2.45, 2.75) is 51.7 Å². The topological polar surface area (TPSA) is 23.5 Å². The Morgan fingerprint density at radius 3 is 2.17 bits per heavy atom. The second-order valence-electron chi connectivity index (χ2n) is 4.21. The van der Waals surface area contributed by atoms with E-state index in [1.165, 1.54) is 0 Å². The molecular formula is C10H23NO. The van der Waals surface area contributed by atoms with Crippen molar-refractivity contribution in [2.75, 3.05) is 14.1 Å². The Morgan fingerprint density at radius 2 is 1.83 bits per heavy atom. The number of unbranched alkanes of at least 4 members (excludes halogenated alkanes) is 1. The number of aliphatic hydroxyl groups excluding tert-OH is 1. The summed E-state index contributed by atoms with van der Waals surface area (Å²) in [6.07, 6.45) is 2.95. The van der Waals surface area contributed by atoms with Crippen LogP contribution in [-0.4, -0.2) is 35.7 Å². The van der Waals surface area contributed by atoms with Gasteiger partial charge in [-0.1, -0.05) is 19.8 Å². The van der Waals surface area contributed by atoms with E-state index in [1.54, 1.807) is 0 Å². The third-order valence-electron chi connectivity index (χ3n) is 2.80. The van der Waals surface area contributed by atoms with Gasteiger partial charge < -0.3 is 10.0 Å². The summed E-state index contributed by atoms with van der Waals surface area (Å²) in [5.41, 5.74) is -0.102. The van der Waals surface area contributed by atoms with E-state index in [1.807, 2.05) is 14.1 Å². The molecule has 0 aromatic carbocycles. The van der Waals surface area contributed by atoms with Gasteiger partial charge >= 0.3 is 0 Å². The maximum Gasteiger partial charge on any atom is 0.0718 e. The molecule has 12 heavy (non-hydrogen) atoms. The maximum atomic E-state index is 9.84. The van der Waals surface area contributed by atoms with Crippen LogP contribution in [0.15, 0.2) is 0 Å². The summed E-state index contributed by atoms with van der Waals surface area (Å²) in [5, 5.41) is 9.84. The Kier molecular flexibility index (Phi) is 4.80. The minimum absolute atomic E-state index is 0.102. The number of rotatable bonds is 5. The lowest BCUT2D eigenvalue weighted by Crippen LogP contribution is -2.48. The van der Waals surface area contributed by atoms with Crippen molar-refractivity contribution in [3.63, 3.8) is 0 Å². The molecule has 1 unspecified atom stereocenters. The van der Waals surface area contributed by atoms with Crippen LogP contribution in [0.3, 0.4) is 0 Å². The Balaban J connectivity index is 3.97. The van der Waals surface area contributed by atoms with Gasteiger partial charge in [-0.05, 0) is 34.4 Å². The van der Waals surface area contributed by atoms with Crippen molar-refractivity contribution in [1.29, 1.82) is 0 Å². The van der Waals surface area contributed by atoms with E-state index >= 15 is 0 Å². The van der Waals surface area contributed by atoms with Crippen LogP contribution in [0.5, 0.6) is 0 Å². The molecule has 0 aliphatic heterocycles. The van der Waals surface area contributed by atoms with Gasteiger partial charge in [0.2, 0.25) is 0 Å². The summed E-state index contributed by atoms with van der Waals surface area (Å²) in [6.45, 7) is 6.30. The summed E-state index contributed by atoms with van der Waals surface area (Å²) in [7, 11) is 4.02. The largest absolute Gasteiger partial charge is 0.391 e. The summed E-state index contributed by atoms with van der Waals surface area (Å²) in [6, 6.07) is 0. The molecule has 0 bridgehead atoms. The van der Waals surface area contributed by atoms with Gasteiger partial charge in [-0.3, -0.25) is 0 Å². The highest BCUT2D eigenvalue weighted by Crippen LogP contribution is 2.19. The minimum Gasteiger partial charge on any atom is -0.391 e. The molecule has 74 valence electrons. The predicted molar refractivity (Wildman–Crippen MR) is 53.3 cm³/mol. The second kappa shape index (κ2) is 4.83. The zero-order valence-corrected chi connectivity index (χ0v) is 9.09. The lowest BCUT2D eigenvalue weighted by Gasteiger charge is -2.37. The molecule has 0 aromatic heterocycles. The van der Waals surface area contributed by atoms with Crippen molar-refractivity contribution in [3.05, 3.63) is 0 Å². The maximum absolute atomic E-state index is 9.84. The van der Waals surface area contributed by atoms with Crippen LogP contribution in [0.4, 0.5) is 0 Å². The first-order valence-corrected chi connectivity index (χ1v) is 4.78. The number of hydrogen-bond donors (Lipinski definition) is 1. The fourth-order valence-electron chi connectivity index (χ4n) is 1.05. The normalized spacial score (nSPS) is 15.2. The number of likely N-dealkylation sites (N-methyl/N-ethyl adjacent to an activating group) is 1. The number of hydrogen-bond acceptors (Lipinski definition) is 2. The zero-order valence-electron chi connectivity index (χ0n) is 9.09. The first-order chi connectivity index (χ1) is 5.42. The highest BCUT2D eigenvalue weighted by molar-refractivity contribution is 4.85. The van der Waals surface area contributed by atoms with E-state index in [9.17, 15) is 5.11 Å². The van der Waals surface area contributed by atoms with Crippen molar-refractivity contribution in [3.8, 4) is 0 Å². The van der Waals surface area contributed by atoms with Gasteiger partial charge in [-0.25, -0.2) is 0 Å². The molecule has 0 saturated carbocycles. The molecule has 1 atom stereocenters. The first-order valence-electron chi connectivity index (χ1n) is 4.78. The van der Waals surface area contributed by atoms with Crippen molar-refractivity contribution in [2.24, 2.45) is 0 Å². The van der Waals surface area contributed by atoms with Crippen molar-refractivity contribution in [1.82, 2.24) is 4.90 Å². The van der Waals surface area contributed by atoms with Gasteiger partial charge in [0.15, 0.2) is 0 Å². The molecule has 0 rings (SSSR count). The van der Waals surface area contributed by atoms with E-state index in [-0.39, 0.29) is 11.6 Å². The molecule has 0 heterocycles. The summed E-state index contributed by atoms with van der Waals surface area (Å²) >= 11 is 0. The number of nitrogens with zero attached hydrogens (tertiary/aromatic N) is 1. The highest BCUT2D eigenvalue weighted by atomic mass is 16.3. The minimum atomic E-state index is -0.215. The third-order valence-corrected chi connectivity index (χ3v) is 2.80. The highest BCUT2D eigenvalue weighted by Gasteiger charge is 2.28. The second-order valence-corrected chi connectivity index (χ2v) is 4.21. The average molecular weight is 173 g/mol. The Morgan fingerprint density at radius 1 is 1.33 bits per heavy atom. The molecule has 0 saturated heterocycles. The molecule has 0 aromatic rings. The van der Waals surface area contributed by atoms with Crippen LogP contribution in [0, 0.1) is 0 Å². The van der Waals surface area contributed by atoms with Crippen molar-refractivity contribution < 1.29 is 5.11 Å². The Labute approximate surface area is 76.6 Å². The quantitative estimate of drug-likeness (QED) is 0.686. The molecular weight excluding hydrogens is 150 g/mol. The summed E-state index contributed by atoms with van der Waals surface area (Å²) < 4.78 is 0. The standard InChI is InChI=1S/C10H23NO/c1-6-7-8-9(12)10(2,3)11(4)5/h9,12H,6-8H2,1-5H3. The van der Waals surface area contributed by atoms with Crippen LogP contribution < -0.4 is 0 Å². The van der Waals surface area contributed by atoms with E-state index < -0.39 is 0 Å². The van der Waals surface area contributed by atoms with Crippen LogP contribution in [0.25, 0.3) is 0 Å². The summed E-state index contributed by atoms with van der Waals surface area (Å²) in [4.78, 5) is 2.08. The fourth-order valence-corrected chi connectivity index (χ4v) is 1.05. The predicted octanol–water partition coefficient (Wildman–Crippen LogP) is 1.88.